The molecule has 1 aliphatic rings. The van der Waals surface area contributed by atoms with Gasteiger partial charge >= 0.3 is 0 Å². The van der Waals surface area contributed by atoms with Crippen LogP contribution in [0.15, 0.2) is 241 Å². The molecule has 0 amide bonds. The smallest absolute Gasteiger partial charge is 0.268 e. The monoisotopic (exact) mass is 1280 g/mol. The van der Waals surface area contributed by atoms with E-state index < -0.39 is 31.8 Å². The maximum absolute atomic E-state index is 9.43. The third-order valence-corrected chi connectivity index (χ3v) is 16.3. The van der Waals surface area contributed by atoms with Crippen LogP contribution in [0, 0.1) is 32.2 Å². The van der Waals surface area contributed by atoms with Crippen molar-refractivity contribution in [3.8, 4) is 95.5 Å². The molecule has 0 bridgehead atoms. The van der Waals surface area contributed by atoms with Crippen molar-refractivity contribution in [3.05, 3.63) is 272 Å². The molecule has 0 N–H and O–H groups in total. The molecule has 16 rings (SSSR count). The van der Waals surface area contributed by atoms with Crippen LogP contribution in [0.2, 0.25) is 0 Å². The molecule has 5 heterocycles. The minimum atomic E-state index is -2.75. The van der Waals surface area contributed by atoms with Crippen LogP contribution < -0.4 is 9.30 Å². The quantitative estimate of drug-likeness (QED) is 0.118. The first-order valence-electron chi connectivity index (χ1n) is 33.3. The molecule has 7 heteroatoms. The van der Waals surface area contributed by atoms with Crippen molar-refractivity contribution < 1.29 is 49.9 Å². The Balaban J connectivity index is 0.00000756. The summed E-state index contributed by atoms with van der Waals surface area (Å²) >= 11 is 0. The van der Waals surface area contributed by atoms with E-state index in [-0.39, 0.29) is 60.8 Å². The second kappa shape index (κ2) is 20.2. The molecule has 0 saturated heterocycles. The normalized spacial score (nSPS) is 14.1. The Morgan fingerprint density at radius 2 is 1.20 bits per heavy atom. The van der Waals surface area contributed by atoms with Gasteiger partial charge < -0.3 is 18.3 Å². The molecule has 0 fully saturated rings. The molecule has 85 heavy (non-hydrogen) atoms. The van der Waals surface area contributed by atoms with Crippen LogP contribution in [0.25, 0.3) is 139 Å². The summed E-state index contributed by atoms with van der Waals surface area (Å²) in [5.41, 5.74) is 11.9. The number of furan rings is 1. The summed E-state index contributed by atoms with van der Waals surface area (Å²) < 4.78 is 118. The number of hydrogen-bond donors (Lipinski definition) is 0. The predicted octanol–water partition coefficient (Wildman–Crippen LogP) is 19.7. The van der Waals surface area contributed by atoms with Crippen LogP contribution in [0.4, 0.5) is 0 Å². The van der Waals surface area contributed by atoms with Gasteiger partial charge in [-0.05, 0) is 168 Å². The molecule has 1 aliphatic heterocycles. The fraction of sp³-hybridized carbons (Fsp3) is 0.0769. The maximum atomic E-state index is 9.43. The first-order valence-corrected chi connectivity index (χ1v) is 27.8. The van der Waals surface area contributed by atoms with Crippen LogP contribution in [0.1, 0.15) is 52.5 Å². The number of rotatable bonds is 7. The molecular weight excluding hydrogens is 1220 g/mol. The van der Waals surface area contributed by atoms with E-state index in [4.69, 9.17) is 26.5 Å². The first-order chi connectivity index (χ1) is 45.6. The molecule has 0 aliphatic carbocycles. The molecule has 410 valence electrons. The summed E-state index contributed by atoms with van der Waals surface area (Å²) in [5, 5.41) is 3.64. The van der Waals surface area contributed by atoms with Gasteiger partial charge in [-0.15, -0.1) is 29.7 Å². The predicted molar refractivity (Wildman–Crippen MR) is 342 cm³/mol. The summed E-state index contributed by atoms with van der Waals surface area (Å²) in [6.07, 6.45) is 5.64. The summed E-state index contributed by atoms with van der Waals surface area (Å²) in [5.74, 6) is 1.46. The average molecular weight is 1290 g/mol. The number of aromatic nitrogens is 4. The number of nitrogens with zero attached hydrogens (tertiary/aromatic N) is 4. The van der Waals surface area contributed by atoms with Gasteiger partial charge in [-0.1, -0.05) is 172 Å². The number of aryl methyl sites for hydroxylation is 2. The second-order valence-electron chi connectivity index (χ2n) is 22.3. The molecule has 15 aromatic rings. The molecule has 4 aromatic heterocycles. The summed E-state index contributed by atoms with van der Waals surface area (Å²) in [7, 11) is 0. The van der Waals surface area contributed by atoms with Crippen LogP contribution >= 0.6 is 0 Å². The third kappa shape index (κ3) is 8.57. The van der Waals surface area contributed by atoms with Crippen molar-refractivity contribution >= 4 is 54.8 Å². The van der Waals surface area contributed by atoms with Gasteiger partial charge in [-0.3, -0.25) is 4.57 Å². The first kappa shape index (κ1) is 41.2. The second-order valence-corrected chi connectivity index (χ2v) is 22.3. The van der Waals surface area contributed by atoms with Crippen LogP contribution in [-0.2, 0) is 26.5 Å². The van der Waals surface area contributed by atoms with E-state index in [1.807, 2.05) is 173 Å². The fourth-order valence-corrected chi connectivity index (χ4v) is 12.3. The van der Waals surface area contributed by atoms with Crippen molar-refractivity contribution in [1.82, 2.24) is 14.1 Å². The van der Waals surface area contributed by atoms with E-state index in [1.165, 1.54) is 18.2 Å². The number of benzene rings is 11. The standard InChI is InChI=1S/C78H54N4O2.Pt/c1-48-19-17-20-49(2)75(48)53-41-65(51-33-36-73-66(39-51)64-30-14-16-32-72(64)84-73)76-67(42-53)60-27-11-9-25-58(60)59-26-10-12-28-61(59)68-40-52(50-21-7-6-8-22-50)43-71-77(68)81(76)47-80(71)55-23-18-24-56(45-55)83-57-34-35-63-62-29-13-15-31-69(62)82(70(63)46-57)74-44-54(37-38-79-74)78(3,4)5;/h6-44H,1-5H3;/q-2;/i1D3,2D3,6D,7D,8D,21D,22D;. The number of pyridine rings is 1. The largest absolute Gasteiger partial charge is 0.510 e. The summed E-state index contributed by atoms with van der Waals surface area (Å²) in [6.45, 7) is 1.02. The Morgan fingerprint density at radius 1 is 0.529 bits per heavy atom. The zero-order chi connectivity index (χ0) is 65.7. The molecule has 0 unspecified atom stereocenters. The maximum Gasteiger partial charge on any atom is 0.268 e. The topological polar surface area (TPSA) is 49.0 Å². The van der Waals surface area contributed by atoms with Crippen molar-refractivity contribution in [1.29, 1.82) is 0 Å². The molecule has 6 nitrogen and oxygen atoms in total. The molecule has 0 spiro atoms. The van der Waals surface area contributed by atoms with E-state index in [9.17, 15) is 2.74 Å². The number of ether oxygens (including phenoxy) is 1. The van der Waals surface area contributed by atoms with Crippen molar-refractivity contribution in [2.45, 2.75) is 39.9 Å². The van der Waals surface area contributed by atoms with Crippen LogP contribution in [0.5, 0.6) is 11.5 Å². The Morgan fingerprint density at radius 3 is 1.98 bits per heavy atom. The van der Waals surface area contributed by atoms with Gasteiger partial charge in [0.05, 0.1) is 23.6 Å². The summed E-state index contributed by atoms with van der Waals surface area (Å²) in [6, 6.07) is 67.8. The van der Waals surface area contributed by atoms with E-state index in [1.54, 1.807) is 6.07 Å². The molecule has 0 saturated carbocycles. The van der Waals surface area contributed by atoms with E-state index in [0.29, 0.717) is 84.0 Å². The third-order valence-electron chi connectivity index (χ3n) is 16.3. The molecular formula is C78H54N4O2Pt-2. The zero-order valence-corrected chi connectivity index (χ0v) is 48.3. The summed E-state index contributed by atoms with van der Waals surface area (Å²) in [4.78, 5) is 4.88. The fourth-order valence-electron chi connectivity index (χ4n) is 12.3. The van der Waals surface area contributed by atoms with Crippen molar-refractivity contribution in [2.24, 2.45) is 0 Å². The molecule has 0 radical (unpaired) electrons. The van der Waals surface area contributed by atoms with Gasteiger partial charge in [0, 0.05) is 63.3 Å². The van der Waals surface area contributed by atoms with E-state index in [0.717, 1.165) is 60.6 Å². The van der Waals surface area contributed by atoms with Crippen LogP contribution in [-0.4, -0.2) is 14.1 Å². The van der Waals surface area contributed by atoms with Crippen LogP contribution in [0.3, 0.4) is 0 Å². The van der Waals surface area contributed by atoms with Gasteiger partial charge in [0.15, 0.2) is 0 Å². The van der Waals surface area contributed by atoms with Gasteiger partial charge in [-0.2, -0.15) is 18.2 Å². The van der Waals surface area contributed by atoms with E-state index >= 15 is 0 Å². The Kier molecular flexibility index (Phi) is 9.78. The van der Waals surface area contributed by atoms with Gasteiger partial charge in [0.25, 0.3) is 6.33 Å². The average Bonchev–Trinajstić information content (AvgIpc) is 1.55. The Bertz CT molecular complexity index is 5700. The molecule has 11 aromatic carbocycles. The minimum Gasteiger partial charge on any atom is -0.510 e. The Labute approximate surface area is 523 Å². The Hall–Kier alpha value is -9.87. The number of hydrogen-bond acceptors (Lipinski definition) is 3. The van der Waals surface area contributed by atoms with E-state index in [2.05, 4.69) is 62.0 Å². The molecule has 0 atom stereocenters. The van der Waals surface area contributed by atoms with Crippen molar-refractivity contribution in [3.63, 3.8) is 0 Å². The van der Waals surface area contributed by atoms with Crippen molar-refractivity contribution in [2.75, 3.05) is 0 Å². The number of para-hydroxylation sites is 2. The van der Waals surface area contributed by atoms with Gasteiger partial charge in [0.1, 0.15) is 17.0 Å². The van der Waals surface area contributed by atoms with Gasteiger partial charge in [-0.25, -0.2) is 4.98 Å². The number of imidazole rings is 1. The minimum absolute atomic E-state index is 0. The zero-order valence-electron chi connectivity index (χ0n) is 57.1. The van der Waals surface area contributed by atoms with Gasteiger partial charge in [0.2, 0.25) is 0 Å². The SMILES string of the molecule is [2H]c1c([2H])c([2H])c(-c2cc3c4c(c2)n(-c2[c-]c(Oc5[c-]c6c(cc5)c5ccccc5n6-c5cc(C(C)(C)C)ccn5)ccc2)[c-][n+]4-c2c(-c4ccc5oc6ccccc6c5c4)cc(-c4c(C([2H])([2H])[2H])cccc4C([2H])([2H])[2H])cc2-c2ccccc2-c2ccccc2-3)c([2H])c1[2H].[Pt]. The number of fused-ring (bicyclic) bond motifs is 13.